The molecular weight excluding hydrogens is 240 g/mol. The zero-order valence-corrected chi connectivity index (χ0v) is 10.8. The number of carbonyl (C=O) groups is 1. The summed E-state index contributed by atoms with van der Waals surface area (Å²) in [6, 6.07) is 5.78. The molecule has 0 amide bonds. The van der Waals surface area contributed by atoms with Gasteiger partial charge in [0.25, 0.3) is 0 Å². The Bertz CT molecular complexity index is 540. The van der Waals surface area contributed by atoms with Gasteiger partial charge in [0, 0.05) is 26.2 Å². The maximum Gasteiger partial charge on any atom is 0.204 e. The first kappa shape index (κ1) is 12.1. The molecule has 1 aromatic carbocycles. The molecule has 0 saturated carbocycles. The van der Waals surface area contributed by atoms with Gasteiger partial charge in [0.05, 0.1) is 17.8 Å². The Kier molecular flexibility index (Phi) is 3.14. The zero-order chi connectivity index (χ0) is 13.2. The highest BCUT2D eigenvalue weighted by molar-refractivity contribution is 6.04. The molecule has 0 unspecified atom stereocenters. The molecule has 4 heteroatoms. The van der Waals surface area contributed by atoms with Gasteiger partial charge in [-0.1, -0.05) is 12.0 Å². The lowest BCUT2D eigenvalue weighted by Gasteiger charge is -2.35. The molecule has 0 atom stereocenters. The van der Waals surface area contributed by atoms with Crippen LogP contribution in [-0.2, 0) is 0 Å². The number of terminal acetylenes is 1. The van der Waals surface area contributed by atoms with Crippen LogP contribution in [0.5, 0.6) is 5.75 Å². The molecule has 2 heterocycles. The molecule has 0 bridgehead atoms. The number of rotatable bonds is 2. The van der Waals surface area contributed by atoms with Crippen molar-refractivity contribution in [1.29, 1.82) is 0 Å². The minimum Gasteiger partial charge on any atom is -0.482 e. The largest absolute Gasteiger partial charge is 0.482 e. The number of hydrogen-bond acceptors (Lipinski definition) is 4. The predicted molar refractivity (Wildman–Crippen MR) is 73.8 cm³/mol. The van der Waals surface area contributed by atoms with Crippen molar-refractivity contribution in [3.63, 3.8) is 0 Å². The van der Waals surface area contributed by atoms with E-state index < -0.39 is 0 Å². The predicted octanol–water partition coefficient (Wildman–Crippen LogP) is 1.02. The van der Waals surface area contributed by atoms with E-state index in [9.17, 15) is 4.79 Å². The summed E-state index contributed by atoms with van der Waals surface area (Å²) in [5, 5.41) is 0. The van der Waals surface area contributed by atoms with Gasteiger partial charge in [-0.3, -0.25) is 9.69 Å². The number of benzene rings is 1. The second-order valence-corrected chi connectivity index (χ2v) is 4.83. The molecule has 98 valence electrons. The highest BCUT2D eigenvalue weighted by Gasteiger charge is 2.27. The standard InChI is InChI=1S/C15H16N2O2/c1-2-6-16-7-9-17(10-8-16)13-5-3-4-12-14(18)11-19-15(12)13/h1,3-5H,6-11H2. The van der Waals surface area contributed by atoms with Crippen LogP contribution in [0.2, 0.25) is 0 Å². The van der Waals surface area contributed by atoms with Crippen molar-refractivity contribution in [3.05, 3.63) is 23.8 Å². The summed E-state index contributed by atoms with van der Waals surface area (Å²) in [7, 11) is 0. The fourth-order valence-electron chi connectivity index (χ4n) is 2.64. The molecule has 0 aromatic heterocycles. The van der Waals surface area contributed by atoms with E-state index in [-0.39, 0.29) is 12.4 Å². The molecule has 2 aliphatic rings. The van der Waals surface area contributed by atoms with Crippen LogP contribution in [0.1, 0.15) is 10.4 Å². The lowest BCUT2D eigenvalue weighted by Crippen LogP contribution is -2.46. The van der Waals surface area contributed by atoms with Crippen molar-refractivity contribution in [2.75, 3.05) is 44.2 Å². The number of Topliss-reactive ketones (excluding diaryl/α,β-unsaturated/α-hetero) is 1. The highest BCUT2D eigenvalue weighted by atomic mass is 16.5. The summed E-state index contributed by atoms with van der Waals surface area (Å²) in [6.07, 6.45) is 5.33. The van der Waals surface area contributed by atoms with Crippen LogP contribution >= 0.6 is 0 Å². The van der Waals surface area contributed by atoms with Crippen LogP contribution in [0.25, 0.3) is 0 Å². The van der Waals surface area contributed by atoms with Crippen molar-refractivity contribution >= 4 is 11.5 Å². The average molecular weight is 256 g/mol. The van der Waals surface area contributed by atoms with Crippen molar-refractivity contribution in [1.82, 2.24) is 4.90 Å². The summed E-state index contributed by atoms with van der Waals surface area (Å²) in [6.45, 7) is 4.59. The number of ether oxygens (including phenoxy) is 1. The van der Waals surface area contributed by atoms with E-state index in [1.54, 1.807) is 0 Å². The molecule has 19 heavy (non-hydrogen) atoms. The average Bonchev–Trinajstić information content (AvgIpc) is 2.82. The summed E-state index contributed by atoms with van der Waals surface area (Å²) in [5.74, 6) is 3.50. The van der Waals surface area contributed by atoms with Gasteiger partial charge < -0.3 is 9.64 Å². The molecule has 2 aliphatic heterocycles. The second-order valence-electron chi connectivity index (χ2n) is 4.83. The molecule has 0 radical (unpaired) electrons. The number of nitrogens with zero attached hydrogens (tertiary/aromatic N) is 2. The minimum absolute atomic E-state index is 0.0721. The number of carbonyl (C=O) groups excluding carboxylic acids is 1. The molecule has 3 rings (SSSR count). The Morgan fingerprint density at radius 2 is 2.05 bits per heavy atom. The van der Waals surface area contributed by atoms with Crippen molar-refractivity contribution < 1.29 is 9.53 Å². The maximum absolute atomic E-state index is 11.7. The van der Waals surface area contributed by atoms with Crippen molar-refractivity contribution in [2.45, 2.75) is 0 Å². The minimum atomic E-state index is 0.0721. The van der Waals surface area contributed by atoms with Gasteiger partial charge in [-0.25, -0.2) is 0 Å². The van der Waals surface area contributed by atoms with Gasteiger partial charge in [0.15, 0.2) is 12.4 Å². The summed E-state index contributed by atoms with van der Waals surface area (Å²) < 4.78 is 5.53. The third-order valence-electron chi connectivity index (χ3n) is 3.67. The topological polar surface area (TPSA) is 32.8 Å². The van der Waals surface area contributed by atoms with E-state index in [1.807, 2.05) is 18.2 Å². The molecule has 0 N–H and O–H groups in total. The van der Waals surface area contributed by atoms with Gasteiger partial charge in [-0.15, -0.1) is 6.42 Å². The van der Waals surface area contributed by atoms with E-state index in [0.717, 1.165) is 37.6 Å². The first-order valence-corrected chi connectivity index (χ1v) is 6.49. The third kappa shape index (κ3) is 2.18. The Balaban J connectivity index is 1.78. The van der Waals surface area contributed by atoms with Gasteiger partial charge in [-0.2, -0.15) is 0 Å². The molecule has 0 aliphatic carbocycles. The fourth-order valence-corrected chi connectivity index (χ4v) is 2.64. The van der Waals surface area contributed by atoms with Crippen molar-refractivity contribution in [2.24, 2.45) is 0 Å². The lowest BCUT2D eigenvalue weighted by atomic mass is 10.1. The summed E-state index contributed by atoms with van der Waals surface area (Å²) in [5.41, 5.74) is 1.74. The van der Waals surface area contributed by atoms with Crippen LogP contribution in [0.15, 0.2) is 18.2 Å². The van der Waals surface area contributed by atoms with E-state index >= 15 is 0 Å². The Morgan fingerprint density at radius 1 is 1.26 bits per heavy atom. The van der Waals surface area contributed by atoms with E-state index in [4.69, 9.17) is 11.2 Å². The quantitative estimate of drug-likeness (QED) is 0.740. The molecule has 1 aromatic rings. The Hall–Kier alpha value is -1.99. The number of piperazine rings is 1. The van der Waals surface area contributed by atoms with Crippen molar-refractivity contribution in [3.8, 4) is 18.1 Å². The lowest BCUT2D eigenvalue weighted by molar-refractivity contribution is 0.0961. The van der Waals surface area contributed by atoms with E-state index in [1.165, 1.54) is 0 Å². The van der Waals surface area contributed by atoms with Gasteiger partial charge >= 0.3 is 0 Å². The third-order valence-corrected chi connectivity index (χ3v) is 3.67. The Morgan fingerprint density at radius 3 is 2.79 bits per heavy atom. The van der Waals surface area contributed by atoms with Crippen LogP contribution in [0.4, 0.5) is 5.69 Å². The number of anilines is 1. The van der Waals surface area contributed by atoms with E-state index in [0.29, 0.717) is 12.1 Å². The second kappa shape index (κ2) is 4.94. The first-order valence-electron chi connectivity index (χ1n) is 6.49. The molecule has 1 fully saturated rings. The summed E-state index contributed by atoms with van der Waals surface area (Å²) in [4.78, 5) is 16.2. The first-order chi connectivity index (χ1) is 9.29. The number of hydrogen-bond donors (Lipinski definition) is 0. The monoisotopic (exact) mass is 256 g/mol. The molecule has 1 saturated heterocycles. The number of ketones is 1. The molecule has 0 spiro atoms. The van der Waals surface area contributed by atoms with Gasteiger partial charge in [-0.05, 0) is 12.1 Å². The molecule has 4 nitrogen and oxygen atoms in total. The van der Waals surface area contributed by atoms with Crippen LogP contribution in [0.3, 0.4) is 0 Å². The van der Waals surface area contributed by atoms with E-state index in [2.05, 4.69) is 15.7 Å². The van der Waals surface area contributed by atoms with Crippen LogP contribution in [-0.4, -0.2) is 50.0 Å². The Labute approximate surface area is 112 Å². The SMILES string of the molecule is C#CCN1CCN(c2cccc3c2OCC3=O)CC1. The van der Waals surface area contributed by atoms with Crippen LogP contribution < -0.4 is 9.64 Å². The smallest absolute Gasteiger partial charge is 0.204 e. The fraction of sp³-hybridized carbons (Fsp3) is 0.400. The number of fused-ring (bicyclic) bond motifs is 1. The van der Waals surface area contributed by atoms with Crippen LogP contribution in [0, 0.1) is 12.3 Å². The van der Waals surface area contributed by atoms with Gasteiger partial charge in [0.1, 0.15) is 0 Å². The highest BCUT2D eigenvalue weighted by Crippen LogP contribution is 2.36. The number of para-hydroxylation sites is 1. The normalized spacial score (nSPS) is 18.9. The zero-order valence-electron chi connectivity index (χ0n) is 10.8. The molecular formula is C15H16N2O2. The maximum atomic E-state index is 11.7. The van der Waals surface area contributed by atoms with Gasteiger partial charge in [0.2, 0.25) is 5.78 Å². The summed E-state index contributed by atoms with van der Waals surface area (Å²) >= 11 is 0.